The number of nitrogens with zero attached hydrogens (tertiary/aromatic N) is 1. The molecule has 204 valence electrons. The van der Waals surface area contributed by atoms with Gasteiger partial charge in [-0.15, -0.1) is 0 Å². The maximum atomic E-state index is 12.8. The van der Waals surface area contributed by atoms with Gasteiger partial charge in [0, 0.05) is 16.8 Å². The van der Waals surface area contributed by atoms with Crippen molar-refractivity contribution in [1.82, 2.24) is 5.43 Å². The fourth-order valence-corrected chi connectivity index (χ4v) is 5.15. The van der Waals surface area contributed by atoms with Crippen molar-refractivity contribution in [3.8, 4) is 5.75 Å². The highest BCUT2D eigenvalue weighted by Gasteiger charge is 2.15. The SMILES string of the molecule is Cc1ccc(C(=O)Oc2ccc3ccccc3c2/C=N\NC(=O)c2ccc(NS(=O)(=O)c3ccccc3)cc2)cc1. The normalized spacial score (nSPS) is 11.3. The quantitative estimate of drug-likeness (QED) is 0.105. The summed E-state index contributed by atoms with van der Waals surface area (Å²) < 4.78 is 33.3. The van der Waals surface area contributed by atoms with Crippen LogP contribution < -0.4 is 14.9 Å². The predicted octanol–water partition coefficient (Wildman–Crippen LogP) is 5.93. The van der Waals surface area contributed by atoms with Gasteiger partial charge in [-0.25, -0.2) is 18.6 Å². The van der Waals surface area contributed by atoms with Crippen molar-refractivity contribution in [1.29, 1.82) is 0 Å². The smallest absolute Gasteiger partial charge is 0.343 e. The summed E-state index contributed by atoms with van der Waals surface area (Å²) in [6.07, 6.45) is 1.43. The van der Waals surface area contributed by atoms with Crippen LogP contribution in [0.3, 0.4) is 0 Å². The Morgan fingerprint density at radius 1 is 0.756 bits per heavy atom. The predicted molar refractivity (Wildman–Crippen MR) is 159 cm³/mol. The second-order valence-electron chi connectivity index (χ2n) is 9.15. The average Bonchev–Trinajstić information content (AvgIpc) is 2.99. The van der Waals surface area contributed by atoms with Crippen LogP contribution in [0, 0.1) is 6.92 Å². The van der Waals surface area contributed by atoms with E-state index in [1.54, 1.807) is 36.4 Å². The number of esters is 1. The van der Waals surface area contributed by atoms with Crippen molar-refractivity contribution in [3.63, 3.8) is 0 Å². The van der Waals surface area contributed by atoms with Gasteiger partial charge in [0.25, 0.3) is 15.9 Å². The number of anilines is 1. The number of carbonyl (C=O) groups is 2. The molecule has 0 spiro atoms. The first-order valence-electron chi connectivity index (χ1n) is 12.6. The van der Waals surface area contributed by atoms with E-state index in [-0.39, 0.29) is 10.5 Å². The van der Waals surface area contributed by atoms with Gasteiger partial charge in [0.1, 0.15) is 5.75 Å². The average molecular weight is 564 g/mol. The lowest BCUT2D eigenvalue weighted by atomic mass is 10.0. The standard InChI is InChI=1S/C32H25N3O5S/c1-22-11-13-25(14-12-22)32(37)40-30-20-17-23-7-5-6-10-28(23)29(30)21-33-34-31(36)24-15-18-26(19-16-24)35-41(38,39)27-8-3-2-4-9-27/h2-21,35H,1H3,(H,34,36)/b33-21-. The summed E-state index contributed by atoms with van der Waals surface area (Å²) in [6.45, 7) is 1.93. The molecular formula is C32H25N3O5S. The summed E-state index contributed by atoms with van der Waals surface area (Å²) in [5.74, 6) is -0.721. The van der Waals surface area contributed by atoms with Crippen molar-refractivity contribution in [2.45, 2.75) is 11.8 Å². The van der Waals surface area contributed by atoms with Crippen LogP contribution in [0.15, 0.2) is 125 Å². The Balaban J connectivity index is 1.31. The molecule has 0 unspecified atom stereocenters. The first kappa shape index (κ1) is 27.3. The van der Waals surface area contributed by atoms with Gasteiger partial charge in [-0.3, -0.25) is 9.52 Å². The number of aryl methyl sites for hydroxylation is 1. The first-order valence-corrected chi connectivity index (χ1v) is 14.1. The van der Waals surface area contributed by atoms with E-state index < -0.39 is 21.9 Å². The Morgan fingerprint density at radius 3 is 2.15 bits per heavy atom. The molecular weight excluding hydrogens is 538 g/mol. The van der Waals surface area contributed by atoms with Crippen LogP contribution >= 0.6 is 0 Å². The van der Waals surface area contributed by atoms with Gasteiger partial charge in [-0.1, -0.05) is 66.2 Å². The minimum atomic E-state index is -3.75. The third kappa shape index (κ3) is 6.48. The van der Waals surface area contributed by atoms with Gasteiger partial charge < -0.3 is 4.74 Å². The highest BCUT2D eigenvalue weighted by Crippen LogP contribution is 2.27. The molecule has 0 atom stereocenters. The van der Waals surface area contributed by atoms with Gasteiger partial charge >= 0.3 is 5.97 Å². The minimum absolute atomic E-state index is 0.133. The lowest BCUT2D eigenvalue weighted by Gasteiger charge is -2.11. The van der Waals surface area contributed by atoms with Crippen molar-refractivity contribution in [3.05, 3.63) is 138 Å². The Morgan fingerprint density at radius 2 is 1.41 bits per heavy atom. The molecule has 0 saturated heterocycles. The molecule has 5 rings (SSSR count). The van der Waals surface area contributed by atoms with Gasteiger partial charge in [-0.2, -0.15) is 5.10 Å². The van der Waals surface area contributed by atoms with Crippen LogP contribution in [0.25, 0.3) is 10.8 Å². The van der Waals surface area contributed by atoms with Crippen LogP contribution in [-0.2, 0) is 10.0 Å². The zero-order chi connectivity index (χ0) is 28.8. The first-order chi connectivity index (χ1) is 19.8. The maximum Gasteiger partial charge on any atom is 0.343 e. The molecule has 5 aromatic rings. The van der Waals surface area contributed by atoms with Crippen molar-refractivity contribution < 1.29 is 22.7 Å². The number of hydrazone groups is 1. The van der Waals surface area contributed by atoms with E-state index in [0.29, 0.717) is 22.6 Å². The van der Waals surface area contributed by atoms with E-state index in [0.717, 1.165) is 16.3 Å². The number of carbonyl (C=O) groups excluding carboxylic acids is 2. The fourth-order valence-electron chi connectivity index (χ4n) is 4.07. The number of benzene rings is 5. The third-order valence-electron chi connectivity index (χ3n) is 6.23. The molecule has 0 aliphatic carbocycles. The molecule has 0 aliphatic heterocycles. The van der Waals surface area contributed by atoms with E-state index in [9.17, 15) is 18.0 Å². The third-order valence-corrected chi connectivity index (χ3v) is 7.63. The molecule has 5 aromatic carbocycles. The number of hydrogen-bond acceptors (Lipinski definition) is 6. The van der Waals surface area contributed by atoms with Crippen LogP contribution in [0.2, 0.25) is 0 Å². The molecule has 0 radical (unpaired) electrons. The zero-order valence-electron chi connectivity index (χ0n) is 21.9. The number of rotatable bonds is 8. The zero-order valence-corrected chi connectivity index (χ0v) is 22.8. The highest BCUT2D eigenvalue weighted by molar-refractivity contribution is 7.92. The van der Waals surface area contributed by atoms with E-state index in [2.05, 4.69) is 15.2 Å². The van der Waals surface area contributed by atoms with Crippen molar-refractivity contribution >= 4 is 44.6 Å². The van der Waals surface area contributed by atoms with E-state index in [4.69, 9.17) is 4.74 Å². The molecule has 41 heavy (non-hydrogen) atoms. The van der Waals surface area contributed by atoms with Gasteiger partial charge in [0.05, 0.1) is 16.7 Å². The summed E-state index contributed by atoms with van der Waals surface area (Å²) in [4.78, 5) is 25.7. The summed E-state index contributed by atoms with van der Waals surface area (Å²) >= 11 is 0. The highest BCUT2D eigenvalue weighted by atomic mass is 32.2. The van der Waals surface area contributed by atoms with Gasteiger partial charge in [0.2, 0.25) is 0 Å². The minimum Gasteiger partial charge on any atom is -0.422 e. The lowest BCUT2D eigenvalue weighted by Crippen LogP contribution is -2.18. The molecule has 8 nitrogen and oxygen atoms in total. The molecule has 0 fully saturated rings. The largest absolute Gasteiger partial charge is 0.422 e. The monoisotopic (exact) mass is 563 g/mol. The van der Waals surface area contributed by atoms with E-state index in [1.807, 2.05) is 49.4 Å². The van der Waals surface area contributed by atoms with Gasteiger partial charge in [0.15, 0.2) is 0 Å². The second-order valence-corrected chi connectivity index (χ2v) is 10.8. The topological polar surface area (TPSA) is 114 Å². The Labute approximate surface area is 237 Å². The summed E-state index contributed by atoms with van der Waals surface area (Å²) in [7, 11) is -3.75. The van der Waals surface area contributed by atoms with Crippen LogP contribution in [0.4, 0.5) is 5.69 Å². The summed E-state index contributed by atoms with van der Waals surface area (Å²) in [5.41, 5.74) is 5.02. The molecule has 1 amide bonds. The molecule has 2 N–H and O–H groups in total. The van der Waals surface area contributed by atoms with Crippen LogP contribution in [0.1, 0.15) is 31.8 Å². The molecule has 0 saturated carbocycles. The molecule has 0 aliphatic rings. The number of hydrogen-bond donors (Lipinski definition) is 2. The van der Waals surface area contributed by atoms with Gasteiger partial charge in [-0.05, 0) is 72.3 Å². The summed E-state index contributed by atoms with van der Waals surface area (Å²) in [6, 6.07) is 32.1. The Bertz CT molecular complexity index is 1850. The maximum absolute atomic E-state index is 12.8. The number of fused-ring (bicyclic) bond motifs is 1. The molecule has 9 heteroatoms. The molecule has 0 heterocycles. The number of ether oxygens (including phenoxy) is 1. The van der Waals surface area contributed by atoms with E-state index in [1.165, 1.54) is 42.6 Å². The molecule has 0 bridgehead atoms. The number of amides is 1. The number of nitrogens with one attached hydrogen (secondary N) is 2. The summed E-state index contributed by atoms with van der Waals surface area (Å²) in [5, 5.41) is 5.81. The molecule has 0 aromatic heterocycles. The van der Waals surface area contributed by atoms with Crippen LogP contribution in [-0.4, -0.2) is 26.5 Å². The lowest BCUT2D eigenvalue weighted by molar-refractivity contribution is 0.0734. The Kier molecular flexibility index (Phi) is 7.89. The Hall–Kier alpha value is -5.28. The second kappa shape index (κ2) is 11.8. The van der Waals surface area contributed by atoms with Crippen molar-refractivity contribution in [2.24, 2.45) is 5.10 Å². The van der Waals surface area contributed by atoms with E-state index >= 15 is 0 Å². The van der Waals surface area contributed by atoms with Crippen molar-refractivity contribution in [2.75, 3.05) is 4.72 Å². The number of sulfonamides is 1. The fraction of sp³-hybridized carbons (Fsp3) is 0.0312. The van der Waals surface area contributed by atoms with Crippen LogP contribution in [0.5, 0.6) is 5.75 Å².